The monoisotopic (exact) mass is 328 g/mol. The first-order valence-corrected chi connectivity index (χ1v) is 7.85. The molecule has 7 nitrogen and oxygen atoms in total. The lowest BCUT2D eigenvalue weighted by atomic mass is 10.0. The van der Waals surface area contributed by atoms with Gasteiger partial charge in [-0.1, -0.05) is 6.08 Å². The van der Waals surface area contributed by atoms with Gasteiger partial charge in [-0.15, -0.1) is 6.58 Å². The van der Waals surface area contributed by atoms with E-state index in [0.29, 0.717) is 32.8 Å². The predicted octanol–water partition coefficient (Wildman–Crippen LogP) is 1.33. The Labute approximate surface area is 137 Å². The lowest BCUT2D eigenvalue weighted by Gasteiger charge is -2.38. The minimum absolute atomic E-state index is 0.118. The maximum absolute atomic E-state index is 12.0. The first-order chi connectivity index (χ1) is 10.9. The van der Waals surface area contributed by atoms with Crippen LogP contribution in [-0.4, -0.2) is 68.1 Å². The molecule has 23 heavy (non-hydrogen) atoms. The van der Waals surface area contributed by atoms with Crippen LogP contribution in [-0.2, 0) is 19.0 Å². The minimum atomic E-state index is -0.533. The van der Waals surface area contributed by atoms with Crippen molar-refractivity contribution in [2.24, 2.45) is 0 Å². The summed E-state index contributed by atoms with van der Waals surface area (Å²) in [5.41, 5.74) is -0.533. The molecule has 1 fully saturated rings. The number of likely N-dealkylation sites (tertiary alicyclic amines) is 1. The quantitative estimate of drug-likeness (QED) is 0.411. The van der Waals surface area contributed by atoms with Gasteiger partial charge >= 0.3 is 6.09 Å². The number of hydrogen-bond donors (Lipinski definition) is 1. The molecule has 132 valence electrons. The van der Waals surface area contributed by atoms with Gasteiger partial charge in [-0.05, 0) is 27.2 Å². The highest BCUT2D eigenvalue weighted by Crippen LogP contribution is 2.16. The second-order valence-electron chi connectivity index (χ2n) is 6.47. The summed E-state index contributed by atoms with van der Waals surface area (Å²) in [7, 11) is 0. The van der Waals surface area contributed by atoms with E-state index in [1.807, 2.05) is 20.8 Å². The summed E-state index contributed by atoms with van der Waals surface area (Å²) < 4.78 is 15.8. The van der Waals surface area contributed by atoms with Gasteiger partial charge < -0.3 is 19.5 Å². The van der Waals surface area contributed by atoms with Crippen LogP contribution in [0.1, 0.15) is 27.2 Å². The topological polar surface area (TPSA) is 77.1 Å². The fourth-order valence-electron chi connectivity index (χ4n) is 2.40. The van der Waals surface area contributed by atoms with Gasteiger partial charge in [0.15, 0.2) is 0 Å². The van der Waals surface area contributed by atoms with Crippen LogP contribution in [0.15, 0.2) is 12.7 Å². The van der Waals surface area contributed by atoms with E-state index in [1.165, 1.54) is 0 Å². The largest absolute Gasteiger partial charge is 0.467 e. The van der Waals surface area contributed by atoms with Crippen LogP contribution in [0, 0.1) is 0 Å². The molecule has 1 saturated heterocycles. The van der Waals surface area contributed by atoms with Gasteiger partial charge in [0.1, 0.15) is 12.2 Å². The van der Waals surface area contributed by atoms with E-state index in [0.717, 1.165) is 13.0 Å². The summed E-state index contributed by atoms with van der Waals surface area (Å²) in [6.07, 6.45) is 1.82. The number of nitrogens with zero attached hydrogens (tertiary/aromatic N) is 1. The number of hydrogen-bond acceptors (Lipinski definition) is 6. The number of rotatable bonds is 8. The molecule has 7 heteroatoms. The van der Waals surface area contributed by atoms with Gasteiger partial charge in [0.05, 0.1) is 18.8 Å². The fraction of sp³-hybridized carbons (Fsp3) is 0.750. The van der Waals surface area contributed by atoms with E-state index in [4.69, 9.17) is 14.2 Å². The van der Waals surface area contributed by atoms with Crippen LogP contribution < -0.4 is 5.32 Å². The van der Waals surface area contributed by atoms with Crippen LogP contribution in [0.3, 0.4) is 0 Å². The molecule has 1 heterocycles. The van der Waals surface area contributed by atoms with E-state index in [2.05, 4.69) is 16.8 Å². The third-order valence-electron chi connectivity index (χ3n) is 3.37. The van der Waals surface area contributed by atoms with Crippen LogP contribution in [0.2, 0.25) is 0 Å². The molecule has 1 amide bonds. The van der Waals surface area contributed by atoms with Crippen molar-refractivity contribution in [1.82, 2.24) is 10.2 Å². The summed E-state index contributed by atoms with van der Waals surface area (Å²) >= 11 is 0. The zero-order chi connectivity index (χ0) is 17.3. The van der Waals surface area contributed by atoms with Gasteiger partial charge in [0, 0.05) is 19.6 Å². The first-order valence-electron chi connectivity index (χ1n) is 7.85. The average molecular weight is 328 g/mol. The Hall–Kier alpha value is -1.60. The third-order valence-corrected chi connectivity index (χ3v) is 3.37. The Balaban J connectivity index is 2.54. The predicted molar refractivity (Wildman–Crippen MR) is 86.2 cm³/mol. The average Bonchev–Trinajstić information content (AvgIpc) is 2.45. The Kier molecular flexibility index (Phi) is 8.05. The second-order valence-corrected chi connectivity index (χ2v) is 6.47. The van der Waals surface area contributed by atoms with Crippen LogP contribution in [0.4, 0.5) is 4.79 Å². The van der Waals surface area contributed by atoms with Crippen molar-refractivity contribution >= 4 is 12.6 Å². The SMILES string of the molecule is C=CCOC1CN(CCOC=O)CCC1NC(=O)OC(C)(C)C. The lowest BCUT2D eigenvalue weighted by molar-refractivity contribution is -0.129. The van der Waals surface area contributed by atoms with E-state index in [-0.39, 0.29) is 12.1 Å². The second kappa shape index (κ2) is 9.52. The molecule has 0 aromatic carbocycles. The van der Waals surface area contributed by atoms with Crippen molar-refractivity contribution in [3.05, 3.63) is 12.7 Å². The lowest BCUT2D eigenvalue weighted by Crippen LogP contribution is -2.56. The van der Waals surface area contributed by atoms with Gasteiger partial charge in [0.2, 0.25) is 0 Å². The molecule has 0 aliphatic carbocycles. The Morgan fingerprint density at radius 1 is 1.43 bits per heavy atom. The maximum atomic E-state index is 12.0. The van der Waals surface area contributed by atoms with E-state index in [9.17, 15) is 9.59 Å². The first kappa shape index (κ1) is 19.4. The van der Waals surface area contributed by atoms with Crippen molar-refractivity contribution in [3.63, 3.8) is 0 Å². The van der Waals surface area contributed by atoms with E-state index < -0.39 is 11.7 Å². The van der Waals surface area contributed by atoms with Crippen LogP contribution >= 0.6 is 0 Å². The Bertz CT molecular complexity index is 394. The van der Waals surface area contributed by atoms with Crippen molar-refractivity contribution in [3.8, 4) is 0 Å². The summed E-state index contributed by atoms with van der Waals surface area (Å²) in [4.78, 5) is 24.3. The van der Waals surface area contributed by atoms with Gasteiger partial charge in [-0.3, -0.25) is 9.69 Å². The standard InChI is InChI=1S/C16H28N2O5/c1-5-9-22-14-11-18(8-10-21-12-19)7-6-13(14)17-15(20)23-16(2,3)4/h5,12-14H,1,6-11H2,2-4H3,(H,17,20). The van der Waals surface area contributed by atoms with Gasteiger partial charge in [0.25, 0.3) is 6.47 Å². The number of alkyl carbamates (subject to hydrolysis) is 1. The molecular formula is C16H28N2O5. The highest BCUT2D eigenvalue weighted by molar-refractivity contribution is 5.68. The van der Waals surface area contributed by atoms with Gasteiger partial charge in [-0.2, -0.15) is 0 Å². The number of amides is 1. The molecule has 1 N–H and O–H groups in total. The molecule has 1 rings (SSSR count). The fourth-order valence-corrected chi connectivity index (χ4v) is 2.40. The van der Waals surface area contributed by atoms with Crippen molar-refractivity contribution in [2.45, 2.75) is 44.9 Å². The smallest absolute Gasteiger partial charge is 0.407 e. The molecule has 0 spiro atoms. The zero-order valence-electron chi connectivity index (χ0n) is 14.2. The Morgan fingerprint density at radius 2 is 2.17 bits per heavy atom. The van der Waals surface area contributed by atoms with Crippen molar-refractivity contribution < 1.29 is 23.8 Å². The van der Waals surface area contributed by atoms with Crippen LogP contribution in [0.25, 0.3) is 0 Å². The molecule has 2 unspecified atom stereocenters. The molecular weight excluding hydrogens is 300 g/mol. The normalized spacial score (nSPS) is 22.2. The summed E-state index contributed by atoms with van der Waals surface area (Å²) in [5.74, 6) is 0. The minimum Gasteiger partial charge on any atom is -0.467 e. The van der Waals surface area contributed by atoms with Crippen molar-refractivity contribution in [2.75, 3.05) is 32.8 Å². The molecule has 0 saturated carbocycles. The van der Waals surface area contributed by atoms with E-state index in [1.54, 1.807) is 6.08 Å². The molecule has 0 aromatic heterocycles. The molecule has 1 aliphatic rings. The number of piperidine rings is 1. The molecule has 0 bridgehead atoms. The number of carbonyl (C=O) groups is 2. The highest BCUT2D eigenvalue weighted by atomic mass is 16.6. The maximum Gasteiger partial charge on any atom is 0.407 e. The molecule has 0 radical (unpaired) electrons. The van der Waals surface area contributed by atoms with Crippen LogP contribution in [0.5, 0.6) is 0 Å². The highest BCUT2D eigenvalue weighted by Gasteiger charge is 2.32. The molecule has 1 aliphatic heterocycles. The summed E-state index contributed by atoms with van der Waals surface area (Å²) in [6.45, 7) is 12.4. The summed E-state index contributed by atoms with van der Waals surface area (Å²) in [6, 6.07) is -0.118. The van der Waals surface area contributed by atoms with E-state index >= 15 is 0 Å². The third kappa shape index (κ3) is 7.99. The Morgan fingerprint density at radius 3 is 2.78 bits per heavy atom. The van der Waals surface area contributed by atoms with Crippen molar-refractivity contribution in [1.29, 1.82) is 0 Å². The molecule has 2 atom stereocenters. The number of nitrogens with one attached hydrogen (secondary N) is 1. The number of ether oxygens (including phenoxy) is 3. The summed E-state index contributed by atoms with van der Waals surface area (Å²) in [5, 5.41) is 2.89. The van der Waals surface area contributed by atoms with Gasteiger partial charge in [-0.25, -0.2) is 4.79 Å². The zero-order valence-corrected chi connectivity index (χ0v) is 14.2. The number of carbonyl (C=O) groups excluding carboxylic acids is 2. The molecule has 0 aromatic rings.